The summed E-state index contributed by atoms with van der Waals surface area (Å²) in [6, 6.07) is 11.1. The molecule has 1 amide bonds. The molecule has 0 fully saturated rings. The van der Waals surface area contributed by atoms with E-state index in [9.17, 15) is 18.0 Å². The fraction of sp³-hybridized carbons (Fsp3) is 0.263. The topological polar surface area (TPSA) is 41.1 Å². The van der Waals surface area contributed by atoms with Gasteiger partial charge >= 0.3 is 6.18 Å². The van der Waals surface area contributed by atoms with Gasteiger partial charge in [-0.3, -0.25) is 10.1 Å². The number of rotatable bonds is 7. The van der Waals surface area contributed by atoms with Crippen molar-refractivity contribution >= 4 is 17.5 Å². The number of nitrogens with one attached hydrogen (secondary N) is 2. The third-order valence-corrected chi connectivity index (χ3v) is 4.18. The van der Waals surface area contributed by atoms with E-state index in [0.29, 0.717) is 10.6 Å². The van der Waals surface area contributed by atoms with Crippen LogP contribution in [0.25, 0.3) is 0 Å². The van der Waals surface area contributed by atoms with Crippen LogP contribution in [0.1, 0.15) is 24.1 Å². The summed E-state index contributed by atoms with van der Waals surface area (Å²) < 4.78 is 40.8. The molecular formula is C19H19ClF3N2OY-. The van der Waals surface area contributed by atoms with E-state index < -0.39 is 24.2 Å². The molecule has 0 heterocycles. The Hall–Kier alpha value is -0.946. The number of hydrogen-bond acceptors (Lipinski definition) is 2. The minimum absolute atomic E-state index is 0. The van der Waals surface area contributed by atoms with Gasteiger partial charge in [0.05, 0.1) is 6.04 Å². The van der Waals surface area contributed by atoms with E-state index in [1.807, 2.05) is 0 Å². The maximum atomic E-state index is 13.6. The first-order valence-electron chi connectivity index (χ1n) is 8.02. The fourth-order valence-electron chi connectivity index (χ4n) is 2.58. The molecule has 2 aromatic carbocycles. The third kappa shape index (κ3) is 7.18. The van der Waals surface area contributed by atoms with Crippen molar-refractivity contribution in [3.8, 4) is 0 Å². The van der Waals surface area contributed by atoms with E-state index in [2.05, 4.69) is 10.6 Å². The Balaban J connectivity index is 0.00000364. The van der Waals surface area contributed by atoms with Gasteiger partial charge in [0, 0.05) is 37.7 Å². The summed E-state index contributed by atoms with van der Waals surface area (Å²) in [6.45, 7) is 2.97. The summed E-state index contributed by atoms with van der Waals surface area (Å²) in [5, 5.41) is 5.31. The van der Waals surface area contributed by atoms with Crippen LogP contribution in [-0.4, -0.2) is 18.1 Å². The average molecular weight is 473 g/mol. The van der Waals surface area contributed by atoms with Crippen LogP contribution in [0.2, 0.25) is 5.02 Å². The van der Waals surface area contributed by atoms with E-state index in [1.165, 1.54) is 30.8 Å². The summed E-state index contributed by atoms with van der Waals surface area (Å²) >= 11 is 6.10. The van der Waals surface area contributed by atoms with Gasteiger partial charge < -0.3 is 5.32 Å². The number of benzene rings is 2. The zero-order chi connectivity index (χ0) is 19.2. The van der Waals surface area contributed by atoms with Crippen molar-refractivity contribution in [1.82, 2.24) is 10.6 Å². The van der Waals surface area contributed by atoms with Crippen molar-refractivity contribution in [2.75, 3.05) is 0 Å². The second-order valence-electron chi connectivity index (χ2n) is 5.70. The van der Waals surface area contributed by atoms with Crippen LogP contribution >= 0.6 is 11.6 Å². The molecule has 0 aliphatic rings. The second-order valence-corrected chi connectivity index (χ2v) is 6.10. The van der Waals surface area contributed by atoms with E-state index in [4.69, 9.17) is 11.6 Å². The summed E-state index contributed by atoms with van der Waals surface area (Å²) in [6.07, 6.45) is -4.53. The summed E-state index contributed by atoms with van der Waals surface area (Å²) in [5.74, 6) is -0.558. The fourth-order valence-corrected chi connectivity index (χ4v) is 2.79. The summed E-state index contributed by atoms with van der Waals surface area (Å²) in [4.78, 5) is 12.3. The smallest absolute Gasteiger partial charge is 0.407 e. The Bertz CT molecular complexity index is 728. The van der Waals surface area contributed by atoms with Gasteiger partial charge in [-0.1, -0.05) is 60.1 Å². The number of carbonyl (C=O) groups is 1. The number of carbonyl (C=O) groups excluding carboxylic acids is 1. The largest absolute Gasteiger partial charge is 0.505 e. The zero-order valence-corrected chi connectivity index (χ0v) is 18.2. The molecular weight excluding hydrogens is 454 g/mol. The molecule has 2 rings (SSSR count). The maximum absolute atomic E-state index is 13.6. The molecule has 2 N–H and O–H groups in total. The zero-order valence-electron chi connectivity index (χ0n) is 14.6. The minimum Gasteiger partial charge on any atom is -0.505 e. The Morgan fingerprint density at radius 2 is 1.70 bits per heavy atom. The van der Waals surface area contributed by atoms with Crippen LogP contribution in [0.15, 0.2) is 54.6 Å². The predicted molar refractivity (Wildman–Crippen MR) is 95.4 cm³/mol. The monoisotopic (exact) mass is 472 g/mol. The first-order chi connectivity index (χ1) is 12.3. The average Bonchev–Trinajstić information content (AvgIpc) is 2.60. The molecule has 1 unspecified atom stereocenters. The Kier molecular flexibility index (Phi) is 9.95. The molecule has 0 bridgehead atoms. The molecule has 1 radical (unpaired) electrons. The molecule has 143 valence electrons. The van der Waals surface area contributed by atoms with E-state index in [1.54, 1.807) is 37.3 Å². The van der Waals surface area contributed by atoms with E-state index in [-0.39, 0.29) is 44.7 Å². The summed E-state index contributed by atoms with van der Waals surface area (Å²) in [7, 11) is 0. The van der Waals surface area contributed by atoms with Gasteiger partial charge in [0.2, 0.25) is 5.91 Å². The van der Waals surface area contributed by atoms with Crippen molar-refractivity contribution in [3.63, 3.8) is 0 Å². The van der Waals surface area contributed by atoms with Gasteiger partial charge in [-0.15, -0.1) is 0 Å². The van der Waals surface area contributed by atoms with E-state index in [0.717, 1.165) is 0 Å². The number of hydrogen-bond donors (Lipinski definition) is 2. The van der Waals surface area contributed by atoms with Crippen LogP contribution in [0, 0.1) is 6.54 Å². The molecule has 0 saturated heterocycles. The quantitative estimate of drug-likeness (QED) is 0.585. The molecule has 3 nitrogen and oxygen atoms in total. The number of halogens is 4. The molecule has 0 saturated carbocycles. The maximum Gasteiger partial charge on any atom is 0.407 e. The van der Waals surface area contributed by atoms with Crippen LogP contribution < -0.4 is 10.6 Å². The Morgan fingerprint density at radius 1 is 1.11 bits per heavy atom. The normalized spacial score (nSPS) is 13.4. The van der Waals surface area contributed by atoms with Crippen molar-refractivity contribution in [3.05, 3.63) is 77.3 Å². The Labute approximate surface area is 186 Å². The van der Waals surface area contributed by atoms with Gasteiger partial charge in [-0.2, -0.15) is 20.1 Å². The molecule has 0 aliphatic carbocycles. The van der Waals surface area contributed by atoms with Crippen molar-refractivity contribution < 1.29 is 50.7 Å². The second kappa shape index (κ2) is 11.2. The molecule has 0 aromatic heterocycles. The molecule has 8 heteroatoms. The van der Waals surface area contributed by atoms with Gasteiger partial charge in [0.25, 0.3) is 0 Å². The van der Waals surface area contributed by atoms with E-state index >= 15 is 0 Å². The van der Waals surface area contributed by atoms with Crippen LogP contribution in [-0.2, 0) is 43.9 Å². The van der Waals surface area contributed by atoms with Gasteiger partial charge in [0.1, 0.15) is 6.04 Å². The Morgan fingerprint density at radius 3 is 2.26 bits per heavy atom. The molecule has 2 aromatic rings. The molecule has 2 atom stereocenters. The summed E-state index contributed by atoms with van der Waals surface area (Å²) in [5.41, 5.74) is 0.629. The van der Waals surface area contributed by atoms with Gasteiger partial charge in [0.15, 0.2) is 0 Å². The SMILES string of the molecule is C[CH-]NC(=O)[C@H](Cc1ccccc1Cl)NC(c1ccccc1)C(F)(F)F.[Y]. The van der Waals surface area contributed by atoms with Crippen LogP contribution in [0.4, 0.5) is 13.2 Å². The van der Waals surface area contributed by atoms with Crippen LogP contribution in [0.5, 0.6) is 0 Å². The van der Waals surface area contributed by atoms with Gasteiger partial charge in [-0.25, -0.2) is 6.54 Å². The first-order valence-corrected chi connectivity index (χ1v) is 8.40. The molecule has 0 spiro atoms. The molecule has 0 aliphatic heterocycles. The number of alkyl halides is 3. The van der Waals surface area contributed by atoms with Crippen molar-refractivity contribution in [2.24, 2.45) is 0 Å². The van der Waals surface area contributed by atoms with Gasteiger partial charge in [-0.05, 0) is 23.6 Å². The number of amides is 1. The first kappa shape index (κ1) is 24.1. The van der Waals surface area contributed by atoms with Crippen LogP contribution in [0.3, 0.4) is 0 Å². The third-order valence-electron chi connectivity index (χ3n) is 3.81. The standard InChI is InChI=1S/C19H19ClF3N2O.Y/c1-2-24-18(26)16(12-14-10-6-7-11-15(14)20)25-17(19(21,22)23)13-8-4-3-5-9-13;/h2-11,16-17,25H,12H2,1H3,(H,24,26);/q-1;/t16-,17?;/m0./s1. The minimum atomic E-state index is -4.56. The molecule has 27 heavy (non-hydrogen) atoms. The van der Waals surface area contributed by atoms with Crippen molar-refractivity contribution in [2.45, 2.75) is 31.6 Å². The van der Waals surface area contributed by atoms with Crippen molar-refractivity contribution in [1.29, 1.82) is 0 Å². The predicted octanol–water partition coefficient (Wildman–Crippen LogP) is 4.44.